The monoisotopic (exact) mass is 577 g/mol. The maximum atomic E-state index is 13.0. The average molecular weight is 578 g/mol. The van der Waals surface area contributed by atoms with Gasteiger partial charge >= 0.3 is 6.03 Å². The predicted octanol–water partition coefficient (Wildman–Crippen LogP) is 2.48. The van der Waals surface area contributed by atoms with Crippen molar-refractivity contribution in [2.75, 3.05) is 23.8 Å². The average Bonchev–Trinajstić information content (AvgIpc) is 3.91. The summed E-state index contributed by atoms with van der Waals surface area (Å²) in [5, 5.41) is 11.5. The summed E-state index contributed by atoms with van der Waals surface area (Å²) in [5.74, 6) is 1.56. The highest BCUT2D eigenvalue weighted by Crippen LogP contribution is 2.46. The van der Waals surface area contributed by atoms with Crippen molar-refractivity contribution in [2.45, 2.75) is 44.4 Å². The van der Waals surface area contributed by atoms with E-state index >= 15 is 0 Å². The van der Waals surface area contributed by atoms with Crippen LogP contribution in [0.5, 0.6) is 0 Å². The second kappa shape index (κ2) is 9.37. The van der Waals surface area contributed by atoms with E-state index in [4.69, 9.17) is 4.98 Å². The first-order chi connectivity index (χ1) is 20.8. The standard InChI is InChI=1S/C29H27N11O3/c1-15-5-6-30-26(32-15)19-9-20(19)28(42)34-22-13-40-23(35-36-24(40)10-31-22)8-18-12-38-11-17(16-3-4-16)7-21(27(38)33-18)39-14-25(41)37(2)29(39)43/h5-7,10-13,16,19-20H,3-4,8-9,14H2,1-2H3,(H,34,42). The normalized spacial score (nSPS) is 20.0. The number of imidazole rings is 1. The lowest BCUT2D eigenvalue weighted by atomic mass is 10.1. The molecule has 43 heavy (non-hydrogen) atoms. The fourth-order valence-corrected chi connectivity index (χ4v) is 5.69. The molecule has 1 saturated heterocycles. The van der Waals surface area contributed by atoms with Crippen LogP contribution >= 0.6 is 0 Å². The Hall–Kier alpha value is -5.27. The Balaban J connectivity index is 1.06. The molecule has 216 valence electrons. The third kappa shape index (κ3) is 4.45. The summed E-state index contributed by atoms with van der Waals surface area (Å²) in [6.45, 7) is 1.89. The number of urea groups is 1. The summed E-state index contributed by atoms with van der Waals surface area (Å²) in [4.78, 5) is 58.7. The van der Waals surface area contributed by atoms with Gasteiger partial charge < -0.3 is 9.72 Å². The van der Waals surface area contributed by atoms with Crippen molar-refractivity contribution in [3.05, 3.63) is 71.7 Å². The van der Waals surface area contributed by atoms with E-state index in [1.165, 1.54) is 11.9 Å². The van der Waals surface area contributed by atoms with Crippen LogP contribution in [0.3, 0.4) is 0 Å². The topological polar surface area (TPSA) is 156 Å². The van der Waals surface area contributed by atoms with Crippen molar-refractivity contribution >= 4 is 40.6 Å². The lowest BCUT2D eigenvalue weighted by molar-refractivity contribution is -0.124. The van der Waals surface area contributed by atoms with E-state index < -0.39 is 0 Å². The summed E-state index contributed by atoms with van der Waals surface area (Å²) in [6, 6.07) is 3.46. The molecule has 0 radical (unpaired) electrons. The summed E-state index contributed by atoms with van der Waals surface area (Å²) in [6.07, 6.45) is 12.2. The fraction of sp³-hybridized carbons (Fsp3) is 0.345. The van der Waals surface area contributed by atoms with E-state index in [9.17, 15) is 14.4 Å². The number of fused-ring (bicyclic) bond motifs is 2. The molecular formula is C29H27N11O3. The predicted molar refractivity (Wildman–Crippen MR) is 153 cm³/mol. The van der Waals surface area contributed by atoms with E-state index in [0.29, 0.717) is 53.2 Å². The summed E-state index contributed by atoms with van der Waals surface area (Å²) in [5.41, 5.74) is 4.46. The van der Waals surface area contributed by atoms with Gasteiger partial charge in [0.2, 0.25) is 11.8 Å². The van der Waals surface area contributed by atoms with Gasteiger partial charge in [-0.25, -0.2) is 24.7 Å². The Labute approximate surface area is 244 Å². The van der Waals surface area contributed by atoms with Gasteiger partial charge in [-0.05, 0) is 49.8 Å². The Morgan fingerprint density at radius 3 is 2.72 bits per heavy atom. The number of imide groups is 1. The van der Waals surface area contributed by atoms with E-state index in [1.807, 2.05) is 35.9 Å². The number of carbonyl (C=O) groups is 3. The van der Waals surface area contributed by atoms with Crippen LogP contribution in [-0.4, -0.2) is 75.3 Å². The van der Waals surface area contributed by atoms with E-state index in [-0.39, 0.29) is 36.2 Å². The number of carbonyl (C=O) groups excluding carboxylic acids is 3. The molecule has 0 bridgehead atoms. The Morgan fingerprint density at radius 2 is 1.95 bits per heavy atom. The fourth-order valence-electron chi connectivity index (χ4n) is 5.69. The van der Waals surface area contributed by atoms with Crippen LogP contribution in [0.15, 0.2) is 43.1 Å². The molecule has 3 aliphatic rings. The van der Waals surface area contributed by atoms with Crippen molar-refractivity contribution in [1.82, 2.24) is 43.8 Å². The number of aryl methyl sites for hydroxylation is 1. The first-order valence-electron chi connectivity index (χ1n) is 14.2. The van der Waals surface area contributed by atoms with Gasteiger partial charge in [0.05, 0.1) is 30.2 Å². The Morgan fingerprint density at radius 1 is 1.09 bits per heavy atom. The quantitative estimate of drug-likeness (QED) is 0.287. The molecule has 4 amide bonds. The summed E-state index contributed by atoms with van der Waals surface area (Å²) in [7, 11) is 1.49. The van der Waals surface area contributed by atoms with Gasteiger partial charge in [0.1, 0.15) is 24.0 Å². The minimum atomic E-state index is -0.362. The van der Waals surface area contributed by atoms with Crippen molar-refractivity contribution in [3.63, 3.8) is 0 Å². The molecule has 14 nitrogen and oxygen atoms in total. The van der Waals surface area contributed by atoms with Crippen LogP contribution in [0.1, 0.15) is 59.7 Å². The third-order valence-corrected chi connectivity index (χ3v) is 8.35. The number of anilines is 2. The molecule has 5 aromatic heterocycles. The molecule has 14 heteroatoms. The smallest absolute Gasteiger partial charge is 0.309 e. The van der Waals surface area contributed by atoms with E-state index in [2.05, 4.69) is 30.5 Å². The number of rotatable bonds is 7. The molecule has 2 saturated carbocycles. The van der Waals surface area contributed by atoms with Crippen molar-refractivity contribution in [2.24, 2.45) is 5.92 Å². The van der Waals surface area contributed by atoms with Crippen LogP contribution in [0.25, 0.3) is 11.3 Å². The van der Waals surface area contributed by atoms with Gasteiger partial charge in [-0.2, -0.15) is 0 Å². The minimum absolute atomic E-state index is 0.00356. The van der Waals surface area contributed by atoms with Gasteiger partial charge in [-0.1, -0.05) is 0 Å². The molecular weight excluding hydrogens is 550 g/mol. The van der Waals surface area contributed by atoms with Crippen LogP contribution in [0.4, 0.5) is 16.3 Å². The number of likely N-dealkylation sites (N-methyl/N-ethyl adjacent to an activating group) is 1. The number of aromatic nitrogens is 8. The van der Waals surface area contributed by atoms with E-state index in [1.54, 1.807) is 23.0 Å². The lowest BCUT2D eigenvalue weighted by Gasteiger charge is -2.17. The second-order valence-electron chi connectivity index (χ2n) is 11.5. The molecule has 8 rings (SSSR count). The number of hydrogen-bond acceptors (Lipinski definition) is 9. The molecule has 1 N–H and O–H groups in total. The van der Waals surface area contributed by atoms with Crippen molar-refractivity contribution < 1.29 is 14.4 Å². The molecule has 1 aliphatic heterocycles. The number of pyridine rings is 1. The maximum absolute atomic E-state index is 13.0. The van der Waals surface area contributed by atoms with Gasteiger partial charge in [-0.15, -0.1) is 10.2 Å². The molecule has 3 fully saturated rings. The van der Waals surface area contributed by atoms with Crippen LogP contribution < -0.4 is 10.2 Å². The minimum Gasteiger partial charge on any atom is -0.309 e. The van der Waals surface area contributed by atoms with Gasteiger partial charge in [0.25, 0.3) is 0 Å². The second-order valence-corrected chi connectivity index (χ2v) is 11.5. The van der Waals surface area contributed by atoms with Crippen LogP contribution in [-0.2, 0) is 16.0 Å². The number of nitrogens with zero attached hydrogens (tertiary/aromatic N) is 10. The third-order valence-electron chi connectivity index (χ3n) is 8.35. The first kappa shape index (κ1) is 25.4. The van der Waals surface area contributed by atoms with Crippen molar-refractivity contribution in [3.8, 4) is 0 Å². The largest absolute Gasteiger partial charge is 0.331 e. The number of nitrogens with one attached hydrogen (secondary N) is 1. The van der Waals surface area contributed by atoms with Gasteiger partial charge in [-0.3, -0.25) is 23.8 Å². The molecule has 5 aromatic rings. The van der Waals surface area contributed by atoms with Gasteiger partial charge in [0.15, 0.2) is 11.3 Å². The SMILES string of the molecule is Cc1ccnc(C2CC2C(=O)Nc2cn3c(Cc4cn5cc(C6CC6)cc(N6CC(=O)N(C)C6=O)c5n4)nnc3cn2)n1. The van der Waals surface area contributed by atoms with Crippen LogP contribution in [0.2, 0.25) is 0 Å². The maximum Gasteiger partial charge on any atom is 0.331 e. The molecule has 2 atom stereocenters. The zero-order chi connectivity index (χ0) is 29.4. The Bertz CT molecular complexity index is 1980. The Kier molecular flexibility index (Phi) is 5.55. The zero-order valence-corrected chi connectivity index (χ0v) is 23.5. The highest BCUT2D eigenvalue weighted by Gasteiger charge is 2.46. The summed E-state index contributed by atoms with van der Waals surface area (Å²) >= 11 is 0. The molecule has 2 aliphatic carbocycles. The van der Waals surface area contributed by atoms with E-state index in [0.717, 1.165) is 34.7 Å². The number of amides is 4. The zero-order valence-electron chi connectivity index (χ0n) is 23.5. The number of hydrogen-bond donors (Lipinski definition) is 1. The lowest BCUT2D eigenvalue weighted by Crippen LogP contribution is -2.30. The molecule has 0 aromatic carbocycles. The first-order valence-corrected chi connectivity index (χ1v) is 14.2. The molecule has 6 heterocycles. The van der Waals surface area contributed by atoms with Gasteiger partial charge in [0, 0.05) is 43.2 Å². The molecule has 0 spiro atoms. The highest BCUT2D eigenvalue weighted by molar-refractivity contribution is 6.13. The van der Waals surface area contributed by atoms with Crippen molar-refractivity contribution in [1.29, 1.82) is 0 Å². The summed E-state index contributed by atoms with van der Waals surface area (Å²) < 4.78 is 3.71. The molecule has 2 unspecified atom stereocenters. The van der Waals surface area contributed by atoms with Crippen LogP contribution in [0, 0.1) is 12.8 Å². The highest BCUT2D eigenvalue weighted by atomic mass is 16.2.